The summed E-state index contributed by atoms with van der Waals surface area (Å²) in [5, 5.41) is 0. The Kier molecular flexibility index (Phi) is 5.60. The SMILES string of the molecule is CC(C)/C=C/c1c(C(C)C)nc2c(c1-c1ccc(F)cc1)C(C)(C)Cc1ccccc1-2. The second kappa shape index (κ2) is 8.07. The molecule has 160 valence electrons. The van der Waals surface area contributed by atoms with Crippen LogP contribution in [-0.2, 0) is 11.8 Å². The molecule has 0 amide bonds. The Hall–Kier alpha value is -2.74. The van der Waals surface area contributed by atoms with Crippen molar-refractivity contribution in [1.29, 1.82) is 0 Å². The van der Waals surface area contributed by atoms with E-state index in [9.17, 15) is 4.39 Å². The average molecular weight is 414 g/mol. The first-order valence-corrected chi connectivity index (χ1v) is 11.3. The van der Waals surface area contributed by atoms with Gasteiger partial charge in [-0.1, -0.05) is 90.1 Å². The number of hydrogen-bond acceptors (Lipinski definition) is 1. The number of rotatable bonds is 4. The van der Waals surface area contributed by atoms with E-state index < -0.39 is 0 Å². The minimum atomic E-state index is -0.209. The van der Waals surface area contributed by atoms with Crippen molar-refractivity contribution in [3.8, 4) is 22.4 Å². The molecule has 0 bridgehead atoms. The summed E-state index contributed by atoms with van der Waals surface area (Å²) in [6.45, 7) is 13.4. The fourth-order valence-corrected chi connectivity index (χ4v) is 4.76. The fourth-order valence-electron chi connectivity index (χ4n) is 4.76. The molecule has 0 unspecified atom stereocenters. The first kappa shape index (κ1) is 21.5. The van der Waals surface area contributed by atoms with Crippen molar-refractivity contribution in [3.05, 3.63) is 82.8 Å². The maximum atomic E-state index is 13.8. The minimum Gasteiger partial charge on any atom is -0.252 e. The van der Waals surface area contributed by atoms with E-state index in [2.05, 4.69) is 78.0 Å². The van der Waals surface area contributed by atoms with Crippen molar-refractivity contribution in [2.24, 2.45) is 5.92 Å². The highest BCUT2D eigenvalue weighted by molar-refractivity contribution is 5.87. The molecule has 0 aliphatic heterocycles. The Balaban J connectivity index is 2.16. The summed E-state index contributed by atoms with van der Waals surface area (Å²) in [4.78, 5) is 5.31. The fraction of sp³-hybridized carbons (Fsp3) is 0.345. The molecule has 0 radical (unpaired) electrons. The average Bonchev–Trinajstić information content (AvgIpc) is 2.71. The number of fused-ring (bicyclic) bond motifs is 3. The van der Waals surface area contributed by atoms with Crippen molar-refractivity contribution in [3.63, 3.8) is 0 Å². The maximum Gasteiger partial charge on any atom is 0.123 e. The second-order valence-corrected chi connectivity index (χ2v) is 9.99. The Morgan fingerprint density at radius 2 is 1.65 bits per heavy atom. The first-order valence-electron chi connectivity index (χ1n) is 11.3. The van der Waals surface area contributed by atoms with Crippen LogP contribution < -0.4 is 0 Å². The van der Waals surface area contributed by atoms with Gasteiger partial charge in [0.15, 0.2) is 0 Å². The van der Waals surface area contributed by atoms with E-state index >= 15 is 0 Å². The molecule has 1 aliphatic carbocycles. The van der Waals surface area contributed by atoms with Crippen LogP contribution in [0.4, 0.5) is 4.39 Å². The van der Waals surface area contributed by atoms with E-state index in [1.807, 2.05) is 12.1 Å². The zero-order valence-corrected chi connectivity index (χ0v) is 19.5. The van der Waals surface area contributed by atoms with Crippen LogP contribution >= 0.6 is 0 Å². The largest absolute Gasteiger partial charge is 0.252 e. The van der Waals surface area contributed by atoms with Gasteiger partial charge in [-0.3, -0.25) is 4.98 Å². The van der Waals surface area contributed by atoms with E-state index in [0.29, 0.717) is 5.92 Å². The van der Waals surface area contributed by atoms with Crippen molar-refractivity contribution in [2.45, 2.75) is 59.3 Å². The molecule has 0 fully saturated rings. The number of aromatic nitrogens is 1. The monoisotopic (exact) mass is 413 g/mol. The number of halogens is 1. The third-order valence-electron chi connectivity index (χ3n) is 6.17. The van der Waals surface area contributed by atoms with Crippen molar-refractivity contribution in [2.75, 3.05) is 0 Å². The van der Waals surface area contributed by atoms with Gasteiger partial charge >= 0.3 is 0 Å². The van der Waals surface area contributed by atoms with Crippen molar-refractivity contribution in [1.82, 2.24) is 4.98 Å². The summed E-state index contributed by atoms with van der Waals surface area (Å²) in [6, 6.07) is 15.6. The molecule has 0 saturated carbocycles. The van der Waals surface area contributed by atoms with Gasteiger partial charge in [0, 0.05) is 11.1 Å². The summed E-state index contributed by atoms with van der Waals surface area (Å²) >= 11 is 0. The topological polar surface area (TPSA) is 12.9 Å². The van der Waals surface area contributed by atoms with Crippen LogP contribution in [0.1, 0.15) is 69.8 Å². The Morgan fingerprint density at radius 1 is 0.968 bits per heavy atom. The number of nitrogens with zero attached hydrogens (tertiary/aromatic N) is 1. The second-order valence-electron chi connectivity index (χ2n) is 9.99. The molecule has 1 aromatic heterocycles. The zero-order valence-electron chi connectivity index (χ0n) is 19.5. The lowest BCUT2D eigenvalue weighted by Gasteiger charge is -2.37. The molecule has 1 heterocycles. The van der Waals surface area contributed by atoms with Gasteiger partial charge in [0.25, 0.3) is 0 Å². The van der Waals surface area contributed by atoms with Crippen molar-refractivity contribution < 1.29 is 4.39 Å². The molecule has 31 heavy (non-hydrogen) atoms. The van der Waals surface area contributed by atoms with E-state index in [1.165, 1.54) is 27.8 Å². The minimum absolute atomic E-state index is 0.0870. The highest BCUT2D eigenvalue weighted by Crippen LogP contribution is 2.49. The molecule has 3 aromatic rings. The summed E-state index contributed by atoms with van der Waals surface area (Å²) < 4.78 is 13.8. The molecular formula is C29H32FN. The van der Waals surface area contributed by atoms with Crippen LogP contribution in [0.15, 0.2) is 54.6 Å². The Bertz CT molecular complexity index is 1130. The lowest BCUT2D eigenvalue weighted by atomic mass is 9.68. The normalized spacial score (nSPS) is 14.9. The molecule has 1 aliphatic rings. The predicted molar refractivity (Wildman–Crippen MR) is 130 cm³/mol. The number of pyridine rings is 1. The molecule has 1 nitrogen and oxygen atoms in total. The quantitative estimate of drug-likeness (QED) is 0.420. The summed E-state index contributed by atoms with van der Waals surface area (Å²) in [7, 11) is 0. The van der Waals surface area contributed by atoms with Gasteiger partial charge in [0.05, 0.1) is 11.4 Å². The van der Waals surface area contributed by atoms with E-state index in [4.69, 9.17) is 4.98 Å². The first-order chi connectivity index (χ1) is 14.7. The van der Waals surface area contributed by atoms with E-state index in [-0.39, 0.29) is 17.2 Å². The van der Waals surface area contributed by atoms with E-state index in [0.717, 1.165) is 23.4 Å². The van der Waals surface area contributed by atoms with E-state index in [1.54, 1.807) is 12.1 Å². The molecular weight excluding hydrogens is 381 g/mol. The summed E-state index contributed by atoms with van der Waals surface area (Å²) in [5.74, 6) is 0.499. The molecule has 2 heteroatoms. The maximum absolute atomic E-state index is 13.8. The standard InChI is InChI=1S/C29H32FN/c1-18(2)11-16-24-25(20-12-14-22(30)15-13-20)26-28(31-27(24)19(3)4)23-10-8-7-9-21(23)17-29(26,5)6/h7-16,18-19H,17H2,1-6H3/b16-11+. The van der Waals surface area contributed by atoms with Gasteiger partial charge < -0.3 is 0 Å². The van der Waals surface area contributed by atoms with Crippen LogP contribution in [0.5, 0.6) is 0 Å². The van der Waals surface area contributed by atoms with Gasteiger partial charge in [-0.25, -0.2) is 4.39 Å². The molecule has 0 saturated heterocycles. The summed E-state index contributed by atoms with van der Waals surface area (Å²) in [5.41, 5.74) is 9.35. The predicted octanol–water partition coefficient (Wildman–Crippen LogP) is 8.18. The Labute approximate surface area is 186 Å². The Morgan fingerprint density at radius 3 is 2.29 bits per heavy atom. The smallest absolute Gasteiger partial charge is 0.123 e. The summed E-state index contributed by atoms with van der Waals surface area (Å²) in [6.07, 6.45) is 5.44. The molecule has 2 aromatic carbocycles. The van der Waals surface area contributed by atoms with Gasteiger partial charge in [0.2, 0.25) is 0 Å². The van der Waals surface area contributed by atoms with Gasteiger partial charge in [-0.05, 0) is 58.1 Å². The molecule has 0 atom stereocenters. The van der Waals surface area contributed by atoms with Crippen LogP contribution in [0, 0.1) is 11.7 Å². The molecule has 0 spiro atoms. The lowest BCUT2D eigenvalue weighted by molar-refractivity contribution is 0.515. The molecule has 0 N–H and O–H groups in total. The van der Waals surface area contributed by atoms with Crippen LogP contribution in [0.3, 0.4) is 0 Å². The number of benzene rings is 2. The van der Waals surface area contributed by atoms with Crippen LogP contribution in [-0.4, -0.2) is 4.98 Å². The highest BCUT2D eigenvalue weighted by atomic mass is 19.1. The number of allylic oxidation sites excluding steroid dienone is 1. The van der Waals surface area contributed by atoms with Gasteiger partial charge in [-0.2, -0.15) is 0 Å². The van der Waals surface area contributed by atoms with Gasteiger partial charge in [0.1, 0.15) is 5.82 Å². The van der Waals surface area contributed by atoms with Crippen molar-refractivity contribution >= 4 is 6.08 Å². The van der Waals surface area contributed by atoms with Gasteiger partial charge in [-0.15, -0.1) is 0 Å². The number of hydrogen-bond donors (Lipinski definition) is 0. The zero-order chi connectivity index (χ0) is 22.3. The third kappa shape index (κ3) is 3.96. The van der Waals surface area contributed by atoms with Crippen LogP contribution in [0.2, 0.25) is 0 Å². The third-order valence-corrected chi connectivity index (χ3v) is 6.17. The lowest BCUT2D eigenvalue weighted by Crippen LogP contribution is -2.28. The molecule has 4 rings (SSSR count). The van der Waals surface area contributed by atoms with Crippen LogP contribution in [0.25, 0.3) is 28.5 Å². The highest BCUT2D eigenvalue weighted by Gasteiger charge is 2.36.